The highest BCUT2D eigenvalue weighted by molar-refractivity contribution is 6.19. The number of nitrogens with zero attached hydrogens (tertiary/aromatic N) is 2. The van der Waals surface area contributed by atoms with E-state index in [0.29, 0.717) is 0 Å². The average molecular weight is 604 g/mol. The Hall–Kier alpha value is -6.26. The maximum Gasteiger partial charge on any atom is 0.170 e. The highest BCUT2D eigenvalue weighted by Crippen LogP contribution is 2.37. The molecule has 1 aliphatic heterocycles. The van der Waals surface area contributed by atoms with Gasteiger partial charge in [0.1, 0.15) is 22.8 Å². The Morgan fingerprint density at radius 3 is 1.91 bits per heavy atom. The minimum absolute atomic E-state index is 0.485. The van der Waals surface area contributed by atoms with Crippen LogP contribution >= 0.6 is 0 Å². The molecule has 9 rings (SSSR count). The van der Waals surface area contributed by atoms with E-state index in [-0.39, 0.29) is 0 Å². The van der Waals surface area contributed by atoms with Crippen molar-refractivity contribution in [3.8, 4) is 22.3 Å². The van der Waals surface area contributed by atoms with E-state index in [2.05, 4.69) is 133 Å². The maximum absolute atomic E-state index is 6.27. The van der Waals surface area contributed by atoms with Gasteiger partial charge in [0.2, 0.25) is 0 Å². The zero-order valence-corrected chi connectivity index (χ0v) is 25.5. The Bertz CT molecular complexity index is 2490. The SMILES string of the molecule is c1ccc(-c2ccc3ccc(C4=NC(c5cccc6oc7ccccc7c56)N=C(c5ccccc5-c5ccccc5)N4)cc3c2)cc1. The molecule has 0 radical (unpaired) electrons. The average Bonchev–Trinajstić information content (AvgIpc) is 3.54. The molecular formula is C43H29N3O. The van der Waals surface area contributed by atoms with Gasteiger partial charge in [-0.1, -0.05) is 140 Å². The quantitative estimate of drug-likeness (QED) is 0.213. The van der Waals surface area contributed by atoms with Crippen LogP contribution in [0, 0.1) is 0 Å². The van der Waals surface area contributed by atoms with Crippen molar-refractivity contribution in [2.45, 2.75) is 6.17 Å². The number of amidine groups is 2. The second-order valence-corrected chi connectivity index (χ2v) is 11.8. The fraction of sp³-hybridized carbons (Fsp3) is 0.0233. The summed E-state index contributed by atoms with van der Waals surface area (Å²) in [4.78, 5) is 10.6. The lowest BCUT2D eigenvalue weighted by Crippen LogP contribution is -2.36. The molecule has 4 nitrogen and oxygen atoms in total. The predicted molar refractivity (Wildman–Crippen MR) is 194 cm³/mol. The van der Waals surface area contributed by atoms with Gasteiger partial charge in [-0.2, -0.15) is 0 Å². The first-order valence-electron chi connectivity index (χ1n) is 15.9. The lowest BCUT2D eigenvalue weighted by atomic mass is 9.97. The van der Waals surface area contributed by atoms with Crippen molar-refractivity contribution < 1.29 is 4.42 Å². The lowest BCUT2D eigenvalue weighted by Gasteiger charge is -2.24. The Morgan fingerprint density at radius 1 is 0.447 bits per heavy atom. The molecule has 0 bridgehead atoms. The van der Waals surface area contributed by atoms with Crippen LogP contribution in [0.15, 0.2) is 178 Å². The minimum Gasteiger partial charge on any atom is -0.456 e. The second-order valence-electron chi connectivity index (χ2n) is 11.8. The second kappa shape index (κ2) is 11.3. The van der Waals surface area contributed by atoms with E-state index in [9.17, 15) is 0 Å². The number of benzene rings is 7. The number of hydrogen-bond donors (Lipinski definition) is 1. The van der Waals surface area contributed by atoms with Crippen LogP contribution in [0.1, 0.15) is 22.9 Å². The largest absolute Gasteiger partial charge is 0.456 e. The van der Waals surface area contributed by atoms with Crippen molar-refractivity contribution in [1.82, 2.24) is 5.32 Å². The number of rotatable bonds is 5. The van der Waals surface area contributed by atoms with Gasteiger partial charge in [0.25, 0.3) is 0 Å². The van der Waals surface area contributed by atoms with Crippen LogP contribution in [0.4, 0.5) is 0 Å². The Balaban J connectivity index is 1.23. The molecule has 0 saturated carbocycles. The summed E-state index contributed by atoms with van der Waals surface area (Å²) in [6.07, 6.45) is -0.485. The van der Waals surface area contributed by atoms with Crippen LogP contribution < -0.4 is 5.32 Å². The molecule has 1 N–H and O–H groups in total. The summed E-state index contributed by atoms with van der Waals surface area (Å²) in [7, 11) is 0. The standard InChI is InChI=1S/C43H29N3O/c1-3-12-28(13-4-1)31-24-22-29-23-25-32(27-33(29)26-31)41-44-42(35-17-8-7-16-34(35)30-14-5-2-6-15-30)46-43(45-41)37-19-11-21-39-40(37)36-18-9-10-20-38(36)47-39/h1-27,43H,(H,44,45,46). The first-order valence-corrected chi connectivity index (χ1v) is 15.9. The Morgan fingerprint density at radius 2 is 1.09 bits per heavy atom. The first kappa shape index (κ1) is 27.1. The fourth-order valence-corrected chi connectivity index (χ4v) is 6.65. The molecule has 0 aliphatic carbocycles. The van der Waals surface area contributed by atoms with E-state index in [1.807, 2.05) is 36.4 Å². The highest BCUT2D eigenvalue weighted by Gasteiger charge is 2.25. The molecule has 0 saturated heterocycles. The maximum atomic E-state index is 6.27. The third kappa shape index (κ3) is 4.88. The summed E-state index contributed by atoms with van der Waals surface area (Å²) in [6, 6.07) is 56.9. The molecule has 222 valence electrons. The molecule has 2 heterocycles. The molecule has 1 atom stereocenters. The van der Waals surface area contributed by atoms with Crippen molar-refractivity contribution >= 4 is 44.4 Å². The summed E-state index contributed by atoms with van der Waals surface area (Å²) in [5.41, 5.74) is 9.34. The van der Waals surface area contributed by atoms with E-state index >= 15 is 0 Å². The molecule has 1 aliphatic rings. The normalized spacial score (nSPS) is 14.6. The van der Waals surface area contributed by atoms with E-state index in [1.165, 1.54) is 16.5 Å². The molecular weight excluding hydrogens is 574 g/mol. The summed E-state index contributed by atoms with van der Waals surface area (Å²) >= 11 is 0. The number of nitrogens with one attached hydrogen (secondary N) is 1. The topological polar surface area (TPSA) is 49.9 Å². The third-order valence-electron chi connectivity index (χ3n) is 8.94. The number of furan rings is 1. The molecule has 1 aromatic heterocycles. The monoisotopic (exact) mass is 603 g/mol. The Labute approximate surface area is 272 Å². The predicted octanol–water partition coefficient (Wildman–Crippen LogP) is 10.6. The number of fused-ring (bicyclic) bond motifs is 4. The third-order valence-corrected chi connectivity index (χ3v) is 8.94. The van der Waals surface area contributed by atoms with Gasteiger partial charge in [0.05, 0.1) is 0 Å². The van der Waals surface area contributed by atoms with Crippen molar-refractivity contribution in [3.63, 3.8) is 0 Å². The zero-order valence-electron chi connectivity index (χ0n) is 25.5. The first-order chi connectivity index (χ1) is 23.3. The zero-order chi connectivity index (χ0) is 31.2. The van der Waals surface area contributed by atoms with Crippen molar-refractivity contribution in [1.29, 1.82) is 0 Å². The summed E-state index contributed by atoms with van der Waals surface area (Å²) < 4.78 is 6.27. The molecule has 0 spiro atoms. The van der Waals surface area contributed by atoms with Crippen LogP contribution in [0.25, 0.3) is 55.0 Å². The molecule has 8 aromatic rings. The van der Waals surface area contributed by atoms with Gasteiger partial charge < -0.3 is 9.73 Å². The van der Waals surface area contributed by atoms with E-state index < -0.39 is 6.17 Å². The summed E-state index contributed by atoms with van der Waals surface area (Å²) in [6.45, 7) is 0. The van der Waals surface area contributed by atoms with Gasteiger partial charge in [-0.3, -0.25) is 0 Å². The molecule has 7 aromatic carbocycles. The number of hydrogen-bond acceptors (Lipinski definition) is 4. The van der Waals surface area contributed by atoms with E-state index in [4.69, 9.17) is 14.4 Å². The van der Waals surface area contributed by atoms with E-state index in [1.54, 1.807) is 0 Å². The molecule has 0 amide bonds. The van der Waals surface area contributed by atoms with Crippen molar-refractivity contribution in [2.75, 3.05) is 0 Å². The van der Waals surface area contributed by atoms with Gasteiger partial charge in [-0.05, 0) is 57.3 Å². The smallest absolute Gasteiger partial charge is 0.170 e. The van der Waals surface area contributed by atoms with Crippen LogP contribution in [0.2, 0.25) is 0 Å². The van der Waals surface area contributed by atoms with Gasteiger partial charge in [0.15, 0.2) is 6.17 Å². The van der Waals surface area contributed by atoms with Crippen LogP contribution in [0.3, 0.4) is 0 Å². The molecule has 47 heavy (non-hydrogen) atoms. The van der Waals surface area contributed by atoms with Gasteiger partial charge in [-0.25, -0.2) is 9.98 Å². The lowest BCUT2D eigenvalue weighted by molar-refractivity contribution is 0.667. The van der Waals surface area contributed by atoms with Crippen LogP contribution in [0.5, 0.6) is 0 Å². The van der Waals surface area contributed by atoms with Crippen molar-refractivity contribution in [3.05, 3.63) is 180 Å². The van der Waals surface area contributed by atoms with Crippen LogP contribution in [-0.4, -0.2) is 11.7 Å². The molecule has 4 heteroatoms. The summed E-state index contributed by atoms with van der Waals surface area (Å²) in [5, 5.41) is 8.11. The number of para-hydroxylation sites is 1. The minimum atomic E-state index is -0.485. The van der Waals surface area contributed by atoms with Gasteiger partial charge in [0, 0.05) is 27.5 Å². The van der Waals surface area contributed by atoms with E-state index in [0.717, 1.165) is 66.8 Å². The van der Waals surface area contributed by atoms with Gasteiger partial charge in [-0.15, -0.1) is 0 Å². The van der Waals surface area contributed by atoms with Crippen LogP contribution in [-0.2, 0) is 0 Å². The molecule has 1 unspecified atom stereocenters. The fourth-order valence-electron chi connectivity index (χ4n) is 6.65. The Kier molecular flexibility index (Phi) is 6.50. The number of aliphatic imine (C=N–C) groups is 2. The highest BCUT2D eigenvalue weighted by atomic mass is 16.3. The van der Waals surface area contributed by atoms with Crippen molar-refractivity contribution in [2.24, 2.45) is 9.98 Å². The van der Waals surface area contributed by atoms with Gasteiger partial charge >= 0.3 is 0 Å². The summed E-state index contributed by atoms with van der Waals surface area (Å²) in [5.74, 6) is 1.56. The molecule has 0 fully saturated rings.